The lowest BCUT2D eigenvalue weighted by Gasteiger charge is -2.27. The van der Waals surface area contributed by atoms with Gasteiger partial charge < -0.3 is 15.3 Å². The van der Waals surface area contributed by atoms with Gasteiger partial charge in [-0.3, -0.25) is 14.5 Å². The molecule has 1 fully saturated rings. The number of thiocarbonyl (C=S) groups is 1. The first-order chi connectivity index (χ1) is 16.1. The Morgan fingerprint density at radius 1 is 0.970 bits per heavy atom. The summed E-state index contributed by atoms with van der Waals surface area (Å²) in [6.45, 7) is 0.211. The molecule has 0 bridgehead atoms. The molecule has 0 unspecified atom stereocenters. The maximum absolute atomic E-state index is 13.2. The summed E-state index contributed by atoms with van der Waals surface area (Å²) in [5.74, 6) is -0.0930. The van der Waals surface area contributed by atoms with Crippen molar-refractivity contribution in [3.8, 4) is 0 Å². The van der Waals surface area contributed by atoms with Gasteiger partial charge in [-0.2, -0.15) is 0 Å². The highest BCUT2D eigenvalue weighted by molar-refractivity contribution is 8.23. The minimum Gasteiger partial charge on any atom is -0.395 e. The zero-order valence-corrected chi connectivity index (χ0v) is 20.3. The molecule has 2 aromatic carbocycles. The van der Waals surface area contributed by atoms with Crippen LogP contribution in [0.15, 0.2) is 60.7 Å². The normalized spacial score (nSPS) is 13.8. The van der Waals surface area contributed by atoms with Crippen LogP contribution < -0.4 is 10.2 Å². The second-order valence-electron chi connectivity index (χ2n) is 8.00. The first-order valence-electron chi connectivity index (χ1n) is 11.3. The Kier molecular flexibility index (Phi) is 10.2. The van der Waals surface area contributed by atoms with Crippen LogP contribution >= 0.6 is 24.0 Å². The first-order valence-corrected chi connectivity index (χ1v) is 12.7. The number of hydrogen-bond donors (Lipinski definition) is 2. The molecule has 0 radical (unpaired) electrons. The quantitative estimate of drug-likeness (QED) is 0.521. The molecule has 2 amide bonds. The van der Waals surface area contributed by atoms with Crippen LogP contribution in [0.2, 0.25) is 0 Å². The van der Waals surface area contributed by atoms with Crippen LogP contribution in [0.5, 0.6) is 0 Å². The summed E-state index contributed by atoms with van der Waals surface area (Å²) >= 11 is 6.74. The van der Waals surface area contributed by atoms with E-state index in [0.29, 0.717) is 4.32 Å². The molecule has 0 heterocycles. The van der Waals surface area contributed by atoms with Gasteiger partial charge in [-0.25, -0.2) is 0 Å². The van der Waals surface area contributed by atoms with E-state index in [-0.39, 0.29) is 43.3 Å². The maximum atomic E-state index is 13.2. The number of aliphatic hydroxyl groups excluding tert-OH is 1. The van der Waals surface area contributed by atoms with E-state index in [4.69, 9.17) is 12.2 Å². The number of carbonyl (C=O) groups is 2. The third-order valence-electron chi connectivity index (χ3n) is 5.53. The van der Waals surface area contributed by atoms with Crippen molar-refractivity contribution in [3.63, 3.8) is 0 Å². The zero-order chi connectivity index (χ0) is 23.5. The SMILES string of the molecule is O=C(CN(CCO)C(=S)SCC(=O)N(c1ccccc1)c1ccccc1)NC1CCCCC1. The van der Waals surface area contributed by atoms with Crippen molar-refractivity contribution in [1.82, 2.24) is 10.2 Å². The average molecular weight is 486 g/mol. The van der Waals surface area contributed by atoms with Crippen molar-refractivity contribution in [2.75, 3.05) is 30.3 Å². The van der Waals surface area contributed by atoms with E-state index in [1.165, 1.54) is 18.2 Å². The van der Waals surface area contributed by atoms with Crippen LogP contribution in [0.4, 0.5) is 11.4 Å². The van der Waals surface area contributed by atoms with Crippen molar-refractivity contribution < 1.29 is 14.7 Å². The lowest BCUT2D eigenvalue weighted by atomic mass is 9.95. The molecule has 176 valence electrons. The fourth-order valence-corrected chi connectivity index (χ4v) is 4.97. The lowest BCUT2D eigenvalue weighted by molar-refractivity contribution is -0.122. The maximum Gasteiger partial charge on any atom is 0.241 e. The lowest BCUT2D eigenvalue weighted by Crippen LogP contribution is -2.44. The van der Waals surface area contributed by atoms with Crippen LogP contribution in [0.25, 0.3) is 0 Å². The van der Waals surface area contributed by atoms with E-state index in [2.05, 4.69) is 5.32 Å². The van der Waals surface area contributed by atoms with Crippen LogP contribution in [-0.2, 0) is 9.59 Å². The molecule has 0 aliphatic heterocycles. The van der Waals surface area contributed by atoms with E-state index < -0.39 is 0 Å². The predicted octanol–water partition coefficient (Wildman–Crippen LogP) is 4.11. The van der Waals surface area contributed by atoms with Gasteiger partial charge in [-0.05, 0) is 37.1 Å². The molecule has 33 heavy (non-hydrogen) atoms. The molecule has 1 aliphatic carbocycles. The third kappa shape index (κ3) is 7.84. The summed E-state index contributed by atoms with van der Waals surface area (Å²) in [4.78, 5) is 29.1. The van der Waals surface area contributed by atoms with Crippen molar-refractivity contribution in [3.05, 3.63) is 60.7 Å². The van der Waals surface area contributed by atoms with Gasteiger partial charge in [-0.15, -0.1) is 0 Å². The number of nitrogens with one attached hydrogen (secondary N) is 1. The number of nitrogens with zero attached hydrogens (tertiary/aromatic N) is 2. The fourth-order valence-electron chi connectivity index (χ4n) is 3.92. The van der Waals surface area contributed by atoms with Gasteiger partial charge in [0, 0.05) is 24.0 Å². The molecule has 8 heteroatoms. The molecule has 6 nitrogen and oxygen atoms in total. The molecule has 0 atom stereocenters. The van der Waals surface area contributed by atoms with E-state index in [1.54, 1.807) is 9.80 Å². The molecule has 1 saturated carbocycles. The van der Waals surface area contributed by atoms with Crippen LogP contribution in [0, 0.1) is 0 Å². The highest BCUT2D eigenvalue weighted by Crippen LogP contribution is 2.26. The molecule has 0 saturated heterocycles. The number of rotatable bonds is 9. The third-order valence-corrected chi connectivity index (χ3v) is 7.04. The van der Waals surface area contributed by atoms with Crippen LogP contribution in [-0.4, -0.2) is 57.6 Å². The Morgan fingerprint density at radius 3 is 2.09 bits per heavy atom. The second-order valence-corrected chi connectivity index (χ2v) is 9.61. The van der Waals surface area contributed by atoms with Crippen molar-refractivity contribution >= 4 is 51.5 Å². The Hall–Kier alpha value is -2.42. The van der Waals surface area contributed by atoms with Gasteiger partial charge in [0.15, 0.2) is 0 Å². The van der Waals surface area contributed by atoms with Crippen molar-refractivity contribution in [1.29, 1.82) is 0 Å². The summed E-state index contributed by atoms with van der Waals surface area (Å²) in [7, 11) is 0. The van der Waals surface area contributed by atoms with Crippen molar-refractivity contribution in [2.45, 2.75) is 38.1 Å². The number of carbonyl (C=O) groups excluding carboxylic acids is 2. The highest BCUT2D eigenvalue weighted by atomic mass is 32.2. The summed E-state index contributed by atoms with van der Waals surface area (Å²) in [6.07, 6.45) is 5.52. The van der Waals surface area contributed by atoms with Crippen molar-refractivity contribution in [2.24, 2.45) is 0 Å². The number of benzene rings is 2. The van der Waals surface area contributed by atoms with E-state index in [0.717, 1.165) is 37.1 Å². The van der Waals surface area contributed by atoms with Gasteiger partial charge in [0.25, 0.3) is 0 Å². The van der Waals surface area contributed by atoms with E-state index in [9.17, 15) is 14.7 Å². The summed E-state index contributed by atoms with van der Waals surface area (Å²) in [5, 5.41) is 12.5. The topological polar surface area (TPSA) is 72.9 Å². The molecule has 2 N–H and O–H groups in total. The number of para-hydroxylation sites is 2. The highest BCUT2D eigenvalue weighted by Gasteiger charge is 2.22. The Morgan fingerprint density at radius 2 is 1.55 bits per heavy atom. The standard InChI is InChI=1S/C25H31N3O3S2/c29-17-16-27(18-23(30)26-20-10-4-1-5-11-20)25(32)33-19-24(31)28(21-12-6-2-7-13-21)22-14-8-3-9-15-22/h2-3,6-9,12-15,20,29H,1,4-5,10-11,16-19H2,(H,26,30). The summed E-state index contributed by atoms with van der Waals surface area (Å²) in [5.41, 5.74) is 1.55. The van der Waals surface area contributed by atoms with Gasteiger partial charge >= 0.3 is 0 Å². The predicted molar refractivity (Wildman–Crippen MR) is 139 cm³/mol. The Labute approximate surface area is 205 Å². The zero-order valence-electron chi connectivity index (χ0n) is 18.7. The van der Waals surface area contributed by atoms with Crippen LogP contribution in [0.3, 0.4) is 0 Å². The van der Waals surface area contributed by atoms with Gasteiger partial charge in [0.05, 0.1) is 18.9 Å². The molecule has 0 spiro atoms. The Bertz CT molecular complexity index is 866. The average Bonchev–Trinajstić information content (AvgIpc) is 2.84. The number of aliphatic hydroxyl groups is 1. The smallest absolute Gasteiger partial charge is 0.241 e. The molecule has 1 aliphatic rings. The number of anilines is 2. The van der Waals surface area contributed by atoms with E-state index in [1.807, 2.05) is 60.7 Å². The number of thioether (sulfide) groups is 1. The minimum absolute atomic E-state index is 0.0815. The summed E-state index contributed by atoms with van der Waals surface area (Å²) in [6, 6.07) is 19.2. The monoisotopic (exact) mass is 485 g/mol. The van der Waals surface area contributed by atoms with Gasteiger partial charge in [0.2, 0.25) is 11.8 Å². The molecule has 2 aromatic rings. The Balaban J connectivity index is 1.60. The molecular formula is C25H31N3O3S2. The second kappa shape index (κ2) is 13.3. The van der Waals surface area contributed by atoms with Gasteiger partial charge in [0.1, 0.15) is 4.32 Å². The number of hydrogen-bond acceptors (Lipinski definition) is 5. The number of amides is 2. The molecule has 0 aromatic heterocycles. The summed E-state index contributed by atoms with van der Waals surface area (Å²) < 4.78 is 0.428. The first kappa shape index (κ1) is 25.2. The molecular weight excluding hydrogens is 454 g/mol. The largest absolute Gasteiger partial charge is 0.395 e. The van der Waals surface area contributed by atoms with Crippen LogP contribution in [0.1, 0.15) is 32.1 Å². The van der Waals surface area contributed by atoms with E-state index >= 15 is 0 Å². The van der Waals surface area contributed by atoms with Gasteiger partial charge in [-0.1, -0.05) is 79.6 Å². The minimum atomic E-state index is -0.120. The fraction of sp³-hybridized carbons (Fsp3) is 0.400. The molecule has 3 rings (SSSR count).